The van der Waals surface area contributed by atoms with Gasteiger partial charge in [-0.25, -0.2) is 0 Å². The highest BCUT2D eigenvalue weighted by atomic mass is 29.1. The Balaban J connectivity index is 2.80. The fourth-order valence-electron chi connectivity index (χ4n) is 1.33. The summed E-state index contributed by atoms with van der Waals surface area (Å²) in [6.07, 6.45) is 8.87. The summed E-state index contributed by atoms with van der Waals surface area (Å²) in [6.45, 7) is 4.80. The molecule has 0 saturated heterocycles. The molecular formula is C9H24Si2. The molecule has 0 fully saturated rings. The monoisotopic (exact) mass is 188 g/mol. The highest BCUT2D eigenvalue weighted by Crippen LogP contribution is 2.07. The maximum atomic E-state index is 2.51. The van der Waals surface area contributed by atoms with Gasteiger partial charge in [0.2, 0.25) is 0 Å². The molecule has 0 rings (SSSR count). The Hall–Kier alpha value is 0.434. The van der Waals surface area contributed by atoms with Crippen molar-refractivity contribution in [2.75, 3.05) is 0 Å². The predicted octanol–water partition coefficient (Wildman–Crippen LogP) is 2.07. The summed E-state index contributed by atoms with van der Waals surface area (Å²) in [5, 5.41) is 0. The molecule has 1 atom stereocenters. The van der Waals surface area contributed by atoms with Crippen molar-refractivity contribution >= 4 is 18.1 Å². The minimum Gasteiger partial charge on any atom is -0.0746 e. The third-order valence-corrected chi connectivity index (χ3v) is 5.43. The molecule has 0 aliphatic rings. The molecule has 0 nitrogen and oxygen atoms in total. The van der Waals surface area contributed by atoms with Gasteiger partial charge in [0.15, 0.2) is 0 Å². The van der Waals surface area contributed by atoms with Gasteiger partial charge < -0.3 is 0 Å². The first kappa shape index (κ1) is 11.4. The largest absolute Gasteiger partial charge is 0.0746 e. The molecule has 0 heterocycles. The first-order valence-electron chi connectivity index (χ1n) is 5.27. The van der Waals surface area contributed by atoms with Crippen LogP contribution in [-0.2, 0) is 0 Å². The van der Waals surface area contributed by atoms with Gasteiger partial charge in [-0.3, -0.25) is 0 Å². The number of hydrogen-bond donors (Lipinski definition) is 0. The van der Waals surface area contributed by atoms with E-state index in [0.717, 1.165) is 0 Å². The predicted molar refractivity (Wildman–Crippen MR) is 61.1 cm³/mol. The Morgan fingerprint density at radius 1 is 1.00 bits per heavy atom. The van der Waals surface area contributed by atoms with Crippen LogP contribution in [0.3, 0.4) is 0 Å². The van der Waals surface area contributed by atoms with Crippen molar-refractivity contribution in [3.63, 3.8) is 0 Å². The molecule has 1 unspecified atom stereocenters. The summed E-state index contributed by atoms with van der Waals surface area (Å²) in [5.41, 5.74) is 0. The summed E-state index contributed by atoms with van der Waals surface area (Å²) >= 11 is 0. The van der Waals surface area contributed by atoms with Crippen molar-refractivity contribution in [1.82, 2.24) is 0 Å². The Morgan fingerprint density at radius 3 is 2.09 bits per heavy atom. The highest BCUT2D eigenvalue weighted by molar-refractivity contribution is 7.02. The summed E-state index contributed by atoms with van der Waals surface area (Å²) in [4.78, 5) is 0. The van der Waals surface area contributed by atoms with E-state index in [1.165, 1.54) is 41.9 Å². The van der Waals surface area contributed by atoms with Crippen molar-refractivity contribution in [3.8, 4) is 0 Å². The van der Waals surface area contributed by atoms with E-state index in [0.29, 0.717) is 0 Å². The minimum atomic E-state index is -0.0904. The van der Waals surface area contributed by atoms with Gasteiger partial charge in [-0.05, 0) is 9.76 Å². The van der Waals surface area contributed by atoms with Crippen LogP contribution in [0.5, 0.6) is 0 Å². The molecule has 0 radical (unpaired) electrons. The Morgan fingerprint density at radius 2 is 1.55 bits per heavy atom. The molecule has 0 spiro atoms. The van der Waals surface area contributed by atoms with Crippen molar-refractivity contribution in [2.24, 2.45) is 0 Å². The molecule has 0 aromatic carbocycles. The molecule has 68 valence electrons. The van der Waals surface area contributed by atoms with Gasteiger partial charge in [-0.15, -0.1) is 0 Å². The summed E-state index contributed by atoms with van der Waals surface area (Å²) in [6, 6.07) is 1.62. The molecule has 0 N–H and O–H groups in total. The highest BCUT2D eigenvalue weighted by Gasteiger charge is 1.94. The van der Waals surface area contributed by atoms with Crippen LogP contribution < -0.4 is 0 Å². The zero-order chi connectivity index (χ0) is 8.53. The molecular weight excluding hydrogens is 164 g/mol. The van der Waals surface area contributed by atoms with E-state index in [2.05, 4.69) is 13.5 Å². The fourth-order valence-corrected chi connectivity index (χ4v) is 3.66. The second-order valence-electron chi connectivity index (χ2n) is 3.95. The first-order valence-corrected chi connectivity index (χ1v) is 11.9. The van der Waals surface area contributed by atoms with Crippen molar-refractivity contribution < 1.29 is 0 Å². The van der Waals surface area contributed by atoms with Gasteiger partial charge in [0.05, 0.1) is 0 Å². The molecule has 2 heteroatoms. The van der Waals surface area contributed by atoms with E-state index in [-0.39, 0.29) is 8.31 Å². The average Bonchev–Trinajstić information content (AvgIpc) is 1.96. The normalized spacial score (nSPS) is 13.6. The Labute approximate surface area is 76.6 Å². The van der Waals surface area contributed by atoms with Gasteiger partial charge in [-0.1, -0.05) is 58.0 Å². The van der Waals surface area contributed by atoms with Gasteiger partial charge in [-0.2, -0.15) is 0 Å². The van der Waals surface area contributed by atoms with Crippen LogP contribution in [0, 0.1) is 0 Å². The van der Waals surface area contributed by atoms with Gasteiger partial charge in [0.25, 0.3) is 0 Å². The van der Waals surface area contributed by atoms with E-state index < -0.39 is 0 Å². The maximum Gasteiger partial charge on any atom is 0.0171 e. The van der Waals surface area contributed by atoms with Crippen LogP contribution >= 0.6 is 0 Å². The summed E-state index contributed by atoms with van der Waals surface area (Å²) in [7, 11) is 1.44. The standard InChI is InChI=1S/C9H24Si2/c1-3-4-5-6-7-8-9-11(2)10/h11H,3-9H2,1-2,10H3. The van der Waals surface area contributed by atoms with Crippen molar-refractivity contribution in [1.29, 1.82) is 0 Å². The summed E-state index contributed by atoms with van der Waals surface area (Å²) in [5.74, 6) is 0. The molecule has 0 bridgehead atoms. The lowest BCUT2D eigenvalue weighted by Crippen LogP contribution is -2.04. The zero-order valence-corrected chi connectivity index (χ0v) is 11.7. The van der Waals surface area contributed by atoms with Crippen LogP contribution in [-0.4, -0.2) is 18.1 Å². The van der Waals surface area contributed by atoms with E-state index in [9.17, 15) is 0 Å². The van der Waals surface area contributed by atoms with Crippen LogP contribution in [0.4, 0.5) is 0 Å². The smallest absolute Gasteiger partial charge is 0.0171 e. The minimum absolute atomic E-state index is 0.0904. The third kappa shape index (κ3) is 10.4. The van der Waals surface area contributed by atoms with Gasteiger partial charge in [0.1, 0.15) is 0 Å². The van der Waals surface area contributed by atoms with Crippen LogP contribution in [0.1, 0.15) is 45.4 Å². The second-order valence-corrected chi connectivity index (χ2v) is 13.2. The van der Waals surface area contributed by atoms with E-state index in [1.54, 1.807) is 12.5 Å². The second kappa shape index (κ2) is 8.53. The average molecular weight is 188 g/mol. The molecule has 0 aromatic heterocycles. The lowest BCUT2D eigenvalue weighted by atomic mass is 10.1. The molecule has 0 aliphatic heterocycles. The summed E-state index contributed by atoms with van der Waals surface area (Å²) < 4.78 is 0. The molecule has 0 aliphatic carbocycles. The van der Waals surface area contributed by atoms with Gasteiger partial charge in [0, 0.05) is 8.31 Å². The van der Waals surface area contributed by atoms with Crippen molar-refractivity contribution in [2.45, 2.75) is 58.0 Å². The van der Waals surface area contributed by atoms with Crippen LogP contribution in [0.15, 0.2) is 0 Å². The Bertz CT molecular complexity index is 72.0. The lowest BCUT2D eigenvalue weighted by Gasteiger charge is -2.02. The first-order chi connectivity index (χ1) is 5.27. The maximum absolute atomic E-state index is 2.51. The number of unbranched alkanes of at least 4 members (excludes halogenated alkanes) is 5. The lowest BCUT2D eigenvalue weighted by molar-refractivity contribution is 0.624. The molecule has 0 saturated carbocycles. The zero-order valence-electron chi connectivity index (χ0n) is 8.53. The molecule has 0 amide bonds. The Kier molecular flexibility index (Phi) is 8.87. The number of rotatable bonds is 7. The van der Waals surface area contributed by atoms with E-state index in [4.69, 9.17) is 0 Å². The van der Waals surface area contributed by atoms with Crippen LogP contribution in [0.25, 0.3) is 0 Å². The topological polar surface area (TPSA) is 0 Å². The van der Waals surface area contributed by atoms with E-state index >= 15 is 0 Å². The van der Waals surface area contributed by atoms with Crippen molar-refractivity contribution in [3.05, 3.63) is 0 Å². The molecule has 11 heavy (non-hydrogen) atoms. The third-order valence-electron chi connectivity index (χ3n) is 2.14. The fraction of sp³-hybridized carbons (Fsp3) is 1.00. The quantitative estimate of drug-likeness (QED) is 0.424. The van der Waals surface area contributed by atoms with Crippen LogP contribution in [0.2, 0.25) is 12.6 Å². The molecule has 0 aromatic rings. The number of hydrogen-bond acceptors (Lipinski definition) is 0. The SMILES string of the molecule is CCCCCCCC[SiH](C)[SiH3]. The van der Waals surface area contributed by atoms with Gasteiger partial charge >= 0.3 is 0 Å². The van der Waals surface area contributed by atoms with E-state index in [1.807, 2.05) is 0 Å².